The van der Waals surface area contributed by atoms with Crippen molar-refractivity contribution in [2.45, 2.75) is 353 Å². The van der Waals surface area contributed by atoms with Crippen molar-refractivity contribution in [1.29, 1.82) is 0 Å². The number of esters is 1. The molecule has 0 heterocycles. The first-order valence-corrected chi connectivity index (χ1v) is 31.1. The zero-order chi connectivity index (χ0) is 50.0. The van der Waals surface area contributed by atoms with Gasteiger partial charge in [-0.1, -0.05) is 295 Å². The topological polar surface area (TPSA) is 95.9 Å². The van der Waals surface area contributed by atoms with E-state index in [9.17, 15) is 19.8 Å². The molecule has 408 valence electrons. The number of aliphatic hydroxyl groups is 2. The van der Waals surface area contributed by atoms with Gasteiger partial charge in [0.05, 0.1) is 25.4 Å². The fraction of sp³-hybridized carbons (Fsp3) is 0.905. The molecule has 3 N–H and O–H groups in total. The normalized spacial score (nSPS) is 12.7. The number of rotatable bonds is 58. The van der Waals surface area contributed by atoms with Crippen molar-refractivity contribution in [2.75, 3.05) is 13.2 Å². The number of carbonyl (C=O) groups is 2. The van der Waals surface area contributed by atoms with E-state index in [1.54, 1.807) is 6.08 Å². The average molecular weight is 973 g/mol. The minimum atomic E-state index is -0.849. The van der Waals surface area contributed by atoms with Crippen molar-refractivity contribution in [3.8, 4) is 0 Å². The van der Waals surface area contributed by atoms with E-state index in [0.29, 0.717) is 19.4 Å². The minimum absolute atomic E-state index is 0.00228. The lowest BCUT2D eigenvalue weighted by atomic mass is 10.0. The van der Waals surface area contributed by atoms with E-state index in [1.165, 1.54) is 270 Å². The highest BCUT2D eigenvalue weighted by molar-refractivity contribution is 5.76. The maximum absolute atomic E-state index is 12.5. The second-order valence-electron chi connectivity index (χ2n) is 21.4. The lowest BCUT2D eigenvalue weighted by Crippen LogP contribution is -2.45. The van der Waals surface area contributed by atoms with E-state index in [1.807, 2.05) is 6.08 Å². The van der Waals surface area contributed by atoms with Crippen molar-refractivity contribution < 1.29 is 24.5 Å². The fourth-order valence-corrected chi connectivity index (χ4v) is 9.69. The van der Waals surface area contributed by atoms with Crippen molar-refractivity contribution in [3.05, 3.63) is 24.3 Å². The third-order valence-corrected chi connectivity index (χ3v) is 14.5. The molecule has 0 aliphatic rings. The summed E-state index contributed by atoms with van der Waals surface area (Å²) in [6, 6.07) is -0.633. The van der Waals surface area contributed by atoms with E-state index >= 15 is 0 Å². The number of ether oxygens (including phenoxy) is 1. The van der Waals surface area contributed by atoms with Gasteiger partial charge in [0.15, 0.2) is 0 Å². The summed E-state index contributed by atoms with van der Waals surface area (Å²) in [6.07, 6.45) is 72.1. The molecular weight excluding hydrogens is 851 g/mol. The van der Waals surface area contributed by atoms with Crippen LogP contribution in [-0.2, 0) is 14.3 Å². The van der Waals surface area contributed by atoms with Gasteiger partial charge in [0.25, 0.3) is 0 Å². The summed E-state index contributed by atoms with van der Waals surface area (Å²) in [5.41, 5.74) is 0. The first-order valence-electron chi connectivity index (χ1n) is 31.1. The molecule has 0 aromatic rings. The van der Waals surface area contributed by atoms with Crippen LogP contribution in [0.3, 0.4) is 0 Å². The third-order valence-electron chi connectivity index (χ3n) is 14.5. The molecule has 0 saturated carbocycles. The van der Waals surface area contributed by atoms with Gasteiger partial charge in [0, 0.05) is 12.8 Å². The van der Waals surface area contributed by atoms with Gasteiger partial charge < -0.3 is 20.3 Å². The summed E-state index contributed by atoms with van der Waals surface area (Å²) < 4.78 is 5.49. The first-order chi connectivity index (χ1) is 34.0. The Hall–Kier alpha value is -1.66. The van der Waals surface area contributed by atoms with Crippen LogP contribution in [0.25, 0.3) is 0 Å². The van der Waals surface area contributed by atoms with Crippen LogP contribution in [0, 0.1) is 0 Å². The predicted octanol–water partition coefficient (Wildman–Crippen LogP) is 19.4. The molecule has 0 aromatic carbocycles. The molecule has 0 aliphatic heterocycles. The predicted molar refractivity (Wildman–Crippen MR) is 301 cm³/mol. The van der Waals surface area contributed by atoms with Gasteiger partial charge in [-0.25, -0.2) is 0 Å². The minimum Gasteiger partial charge on any atom is -0.466 e. The van der Waals surface area contributed by atoms with Gasteiger partial charge in [-0.15, -0.1) is 0 Å². The Morgan fingerprint density at radius 3 is 1.03 bits per heavy atom. The van der Waals surface area contributed by atoms with Crippen LogP contribution >= 0.6 is 0 Å². The quantitative estimate of drug-likeness (QED) is 0.0321. The number of hydrogen-bond acceptors (Lipinski definition) is 5. The van der Waals surface area contributed by atoms with Crippen LogP contribution in [0.4, 0.5) is 0 Å². The molecule has 6 nitrogen and oxygen atoms in total. The summed E-state index contributed by atoms with van der Waals surface area (Å²) in [5.74, 6) is -0.0701. The molecule has 0 aliphatic carbocycles. The Bertz CT molecular complexity index is 1080. The summed E-state index contributed by atoms with van der Waals surface area (Å²) in [7, 11) is 0. The van der Waals surface area contributed by atoms with Gasteiger partial charge in [-0.05, 0) is 57.8 Å². The Kier molecular flexibility index (Phi) is 57.5. The maximum Gasteiger partial charge on any atom is 0.305 e. The van der Waals surface area contributed by atoms with Crippen molar-refractivity contribution in [2.24, 2.45) is 0 Å². The smallest absolute Gasteiger partial charge is 0.305 e. The van der Waals surface area contributed by atoms with Crippen LogP contribution in [0.1, 0.15) is 341 Å². The highest BCUT2D eigenvalue weighted by Gasteiger charge is 2.18. The number of aliphatic hydroxyl groups excluding tert-OH is 2. The molecule has 0 saturated heterocycles. The van der Waals surface area contributed by atoms with Crippen LogP contribution in [0.2, 0.25) is 0 Å². The van der Waals surface area contributed by atoms with Crippen molar-refractivity contribution in [1.82, 2.24) is 5.32 Å². The summed E-state index contributed by atoms with van der Waals surface area (Å²) in [6.45, 7) is 4.91. The van der Waals surface area contributed by atoms with Gasteiger partial charge in [0.2, 0.25) is 5.91 Å². The molecule has 0 bridgehead atoms. The molecule has 2 unspecified atom stereocenters. The maximum atomic E-state index is 12.5. The summed E-state index contributed by atoms with van der Waals surface area (Å²) in [4.78, 5) is 24.6. The average Bonchev–Trinajstić information content (AvgIpc) is 3.35. The molecule has 0 rings (SSSR count). The van der Waals surface area contributed by atoms with Gasteiger partial charge in [-0.3, -0.25) is 9.59 Å². The van der Waals surface area contributed by atoms with Crippen LogP contribution in [0.5, 0.6) is 0 Å². The molecule has 1 amide bonds. The second-order valence-corrected chi connectivity index (χ2v) is 21.4. The van der Waals surface area contributed by atoms with Gasteiger partial charge >= 0.3 is 5.97 Å². The molecule has 2 atom stereocenters. The summed E-state index contributed by atoms with van der Waals surface area (Å²) >= 11 is 0. The lowest BCUT2D eigenvalue weighted by Gasteiger charge is -2.20. The highest BCUT2D eigenvalue weighted by Crippen LogP contribution is 2.17. The van der Waals surface area contributed by atoms with Gasteiger partial charge in [-0.2, -0.15) is 0 Å². The molecule has 69 heavy (non-hydrogen) atoms. The van der Waals surface area contributed by atoms with E-state index in [0.717, 1.165) is 44.9 Å². The zero-order valence-electron chi connectivity index (χ0n) is 46.6. The first kappa shape index (κ1) is 67.3. The third kappa shape index (κ3) is 55.5. The Balaban J connectivity index is 3.43. The molecular formula is C63H121NO5. The Morgan fingerprint density at radius 1 is 0.391 bits per heavy atom. The molecule has 0 aromatic heterocycles. The Labute approximate surface area is 431 Å². The largest absolute Gasteiger partial charge is 0.466 e. The molecule has 0 fully saturated rings. The van der Waals surface area contributed by atoms with Gasteiger partial charge in [0.1, 0.15) is 0 Å². The van der Waals surface area contributed by atoms with Crippen LogP contribution < -0.4 is 5.32 Å². The van der Waals surface area contributed by atoms with Crippen LogP contribution in [0.15, 0.2) is 24.3 Å². The number of allylic oxidation sites excluding steroid dienone is 3. The highest BCUT2D eigenvalue weighted by atomic mass is 16.5. The van der Waals surface area contributed by atoms with Crippen LogP contribution in [-0.4, -0.2) is 47.4 Å². The molecule has 0 spiro atoms. The number of carbonyl (C=O) groups excluding carboxylic acids is 2. The van der Waals surface area contributed by atoms with E-state index < -0.39 is 12.1 Å². The number of amides is 1. The van der Waals surface area contributed by atoms with Crippen molar-refractivity contribution in [3.63, 3.8) is 0 Å². The van der Waals surface area contributed by atoms with E-state index in [4.69, 9.17) is 4.74 Å². The number of unbranched alkanes of at least 4 members (excludes halogenated alkanes) is 45. The second kappa shape index (κ2) is 58.9. The van der Waals surface area contributed by atoms with Crippen molar-refractivity contribution >= 4 is 11.9 Å². The monoisotopic (exact) mass is 972 g/mol. The number of nitrogens with one attached hydrogen (secondary N) is 1. The van der Waals surface area contributed by atoms with E-state index in [2.05, 4.69) is 31.3 Å². The SMILES string of the molecule is CCCCCCCC/C=C\CCCCCCCCCCCC(=O)OCCCCCCCCCCCCCCCCCCC(=O)NC(CO)C(O)/C=C/CCCCCCCCCCCCCCCCC. The zero-order valence-corrected chi connectivity index (χ0v) is 46.6. The molecule has 0 radical (unpaired) electrons. The summed E-state index contributed by atoms with van der Waals surface area (Å²) in [5, 5.41) is 23.2. The number of hydrogen-bond donors (Lipinski definition) is 3. The fourth-order valence-electron chi connectivity index (χ4n) is 9.69. The van der Waals surface area contributed by atoms with E-state index in [-0.39, 0.29) is 18.5 Å². The Morgan fingerprint density at radius 2 is 0.681 bits per heavy atom. The standard InChI is InChI=1S/C63H121NO5/c1-3-5-7-9-11-13-15-17-19-21-22-24-29-33-37-41-45-49-53-57-63(68)69-58-54-50-46-42-38-34-30-26-25-28-32-36-40-44-48-52-56-62(67)64-60(59-65)61(66)55-51-47-43-39-35-31-27-23-20-18-16-14-12-10-8-6-4-2/h17,19,51,55,60-61,65-66H,3-16,18,20-50,52-54,56-59H2,1-2H3,(H,64,67)/b19-17-,55-51+. The lowest BCUT2D eigenvalue weighted by molar-refractivity contribution is -0.143. The molecule has 6 heteroatoms.